The first-order valence-electron chi connectivity index (χ1n) is 4.06. The van der Waals surface area contributed by atoms with Crippen molar-refractivity contribution in [2.75, 3.05) is 0 Å². The Hall–Kier alpha value is -2.11. The highest BCUT2D eigenvalue weighted by atomic mass is 16.6. The molecule has 0 saturated heterocycles. The maximum absolute atomic E-state index is 10.7. The predicted octanol–water partition coefficient (Wildman–Crippen LogP) is 1.61. The smallest absolute Gasteiger partial charge is 0.407 e. The molecule has 6 nitrogen and oxygen atoms in total. The van der Waals surface area contributed by atoms with Gasteiger partial charge in [-0.05, 0) is 17.7 Å². The van der Waals surface area contributed by atoms with Gasteiger partial charge in [-0.1, -0.05) is 0 Å². The number of benzene rings is 1. The average molecular weight is 209 g/mol. The Balaban J connectivity index is 2.57. The lowest BCUT2D eigenvalue weighted by atomic mass is 10.2. The summed E-state index contributed by atoms with van der Waals surface area (Å²) in [6.07, 6.45) is -0.645. The van der Waals surface area contributed by atoms with E-state index in [4.69, 9.17) is 4.74 Å². The molecule has 0 aliphatic rings. The molecule has 0 saturated carbocycles. The lowest BCUT2D eigenvalue weighted by Gasteiger charge is -2.02. The Labute approximate surface area is 86.0 Å². The molecule has 0 atom stereocenters. The highest BCUT2D eigenvalue weighted by Crippen LogP contribution is 2.12. The molecular formula is C9H9N2O4. The first-order valence-corrected chi connectivity index (χ1v) is 4.06. The maximum atomic E-state index is 10.7. The van der Waals surface area contributed by atoms with Gasteiger partial charge >= 0.3 is 6.09 Å². The minimum absolute atomic E-state index is 0.000333. The quantitative estimate of drug-likeness (QED) is 0.605. The molecular weight excluding hydrogens is 200 g/mol. The van der Waals surface area contributed by atoms with Crippen molar-refractivity contribution in [3.05, 3.63) is 47.0 Å². The molecule has 0 unspecified atom stereocenters. The molecule has 1 aromatic rings. The monoisotopic (exact) mass is 209 g/mol. The second-order valence-electron chi connectivity index (χ2n) is 2.68. The summed E-state index contributed by atoms with van der Waals surface area (Å²) < 4.78 is 4.70. The van der Waals surface area contributed by atoms with Crippen LogP contribution in [0.25, 0.3) is 0 Å². The lowest BCUT2D eigenvalue weighted by Crippen LogP contribution is -2.16. The molecule has 15 heavy (non-hydrogen) atoms. The van der Waals surface area contributed by atoms with E-state index in [-0.39, 0.29) is 12.3 Å². The van der Waals surface area contributed by atoms with Gasteiger partial charge in [0.15, 0.2) is 0 Å². The number of nitro benzene ring substituents is 1. The summed E-state index contributed by atoms with van der Waals surface area (Å²) in [5.41, 5.74) is 0.671. The number of hydrogen-bond acceptors (Lipinski definition) is 4. The number of carbonyl (C=O) groups excluding carboxylic acids is 1. The predicted molar refractivity (Wildman–Crippen MR) is 51.8 cm³/mol. The number of amides is 1. The molecule has 0 aromatic heterocycles. The van der Waals surface area contributed by atoms with Gasteiger partial charge in [0.1, 0.15) is 6.61 Å². The third-order valence-corrected chi connectivity index (χ3v) is 1.66. The molecule has 1 amide bonds. The van der Waals surface area contributed by atoms with Crippen molar-refractivity contribution in [3.63, 3.8) is 0 Å². The minimum atomic E-state index is -0.645. The third-order valence-electron chi connectivity index (χ3n) is 1.66. The van der Waals surface area contributed by atoms with E-state index in [0.717, 1.165) is 0 Å². The zero-order valence-electron chi connectivity index (χ0n) is 7.80. The molecule has 1 rings (SSSR count). The van der Waals surface area contributed by atoms with Gasteiger partial charge in [0.25, 0.3) is 5.69 Å². The zero-order valence-corrected chi connectivity index (χ0v) is 7.80. The highest BCUT2D eigenvalue weighted by Gasteiger charge is 2.04. The van der Waals surface area contributed by atoms with E-state index in [1.54, 1.807) is 0 Å². The Morgan fingerprint density at radius 3 is 2.53 bits per heavy atom. The summed E-state index contributed by atoms with van der Waals surface area (Å²) >= 11 is 0. The normalized spacial score (nSPS) is 9.40. The Morgan fingerprint density at radius 2 is 2.07 bits per heavy atom. The number of nitro groups is 1. The van der Waals surface area contributed by atoms with Crippen LogP contribution in [0.2, 0.25) is 0 Å². The second-order valence-corrected chi connectivity index (χ2v) is 2.68. The van der Waals surface area contributed by atoms with Crippen LogP contribution in [0.3, 0.4) is 0 Å². The molecule has 0 fully saturated rings. The van der Waals surface area contributed by atoms with Gasteiger partial charge in [0.2, 0.25) is 0 Å². The van der Waals surface area contributed by atoms with Crippen LogP contribution in [-0.4, -0.2) is 11.0 Å². The van der Waals surface area contributed by atoms with Crippen LogP contribution in [0.15, 0.2) is 24.3 Å². The van der Waals surface area contributed by atoms with E-state index in [1.165, 1.54) is 24.3 Å². The van der Waals surface area contributed by atoms with Crippen molar-refractivity contribution in [1.29, 1.82) is 0 Å². The fourth-order valence-corrected chi connectivity index (χ4v) is 0.914. The Morgan fingerprint density at radius 1 is 1.47 bits per heavy atom. The van der Waals surface area contributed by atoms with Crippen LogP contribution in [0.4, 0.5) is 10.5 Å². The Bertz CT molecular complexity index is 361. The van der Waals surface area contributed by atoms with Crippen molar-refractivity contribution < 1.29 is 14.5 Å². The molecule has 79 valence electrons. The number of nitrogens with zero attached hydrogens (tertiary/aromatic N) is 1. The van der Waals surface area contributed by atoms with Crippen LogP contribution < -0.4 is 5.32 Å². The van der Waals surface area contributed by atoms with Gasteiger partial charge in [-0.2, -0.15) is 0 Å². The van der Waals surface area contributed by atoms with Crippen LogP contribution in [0.1, 0.15) is 5.56 Å². The Kier molecular flexibility index (Phi) is 3.61. The van der Waals surface area contributed by atoms with Crippen molar-refractivity contribution >= 4 is 11.8 Å². The van der Waals surface area contributed by atoms with Crippen LogP contribution in [-0.2, 0) is 11.3 Å². The fraction of sp³-hybridized carbons (Fsp3) is 0.111. The lowest BCUT2D eigenvalue weighted by molar-refractivity contribution is -0.384. The van der Waals surface area contributed by atoms with Gasteiger partial charge in [-0.3, -0.25) is 10.1 Å². The second kappa shape index (κ2) is 4.94. The first-order chi connectivity index (χ1) is 7.13. The number of hydrogen-bond donors (Lipinski definition) is 1. The SMILES string of the molecule is [CH2]NC(=O)OCc1ccc([N+](=O)[O-])cc1. The van der Waals surface area contributed by atoms with E-state index in [2.05, 4.69) is 7.05 Å². The zero-order chi connectivity index (χ0) is 11.3. The molecule has 1 N–H and O–H groups in total. The summed E-state index contributed by atoms with van der Waals surface area (Å²) in [6, 6.07) is 5.74. The molecule has 0 bridgehead atoms. The maximum Gasteiger partial charge on any atom is 0.407 e. The number of alkyl carbamates (subject to hydrolysis) is 1. The third kappa shape index (κ3) is 3.26. The van der Waals surface area contributed by atoms with E-state index in [1.807, 2.05) is 5.32 Å². The number of carbonyl (C=O) groups is 1. The highest BCUT2D eigenvalue weighted by molar-refractivity contribution is 5.67. The van der Waals surface area contributed by atoms with Gasteiger partial charge in [-0.25, -0.2) is 4.79 Å². The molecule has 0 aliphatic heterocycles. The first kappa shape index (κ1) is 11.0. The number of non-ortho nitro benzene ring substituents is 1. The van der Waals surface area contributed by atoms with Crippen molar-refractivity contribution in [3.8, 4) is 0 Å². The van der Waals surface area contributed by atoms with Crippen LogP contribution in [0.5, 0.6) is 0 Å². The summed E-state index contributed by atoms with van der Waals surface area (Å²) in [6.45, 7) is 0.0549. The topological polar surface area (TPSA) is 81.5 Å². The van der Waals surface area contributed by atoms with Crippen LogP contribution in [0, 0.1) is 17.2 Å². The van der Waals surface area contributed by atoms with Gasteiger partial charge in [-0.15, -0.1) is 0 Å². The molecule has 0 spiro atoms. The molecule has 0 aliphatic carbocycles. The number of rotatable bonds is 3. The van der Waals surface area contributed by atoms with E-state index in [9.17, 15) is 14.9 Å². The van der Waals surface area contributed by atoms with E-state index >= 15 is 0 Å². The molecule has 1 radical (unpaired) electrons. The standard InChI is InChI=1S/C9H9N2O4/c1-10-9(12)15-6-7-2-4-8(5-3-7)11(13)14/h2-5H,1,6H2,(H,10,12). The summed E-state index contributed by atoms with van der Waals surface area (Å²) in [5.74, 6) is 0. The van der Waals surface area contributed by atoms with Crippen molar-refractivity contribution in [1.82, 2.24) is 5.32 Å². The fourth-order valence-electron chi connectivity index (χ4n) is 0.914. The summed E-state index contributed by atoms with van der Waals surface area (Å²) in [7, 11) is 3.12. The number of ether oxygens (including phenoxy) is 1. The largest absolute Gasteiger partial charge is 0.445 e. The minimum Gasteiger partial charge on any atom is -0.445 e. The molecule has 6 heteroatoms. The van der Waals surface area contributed by atoms with Gasteiger partial charge in [0.05, 0.1) is 4.92 Å². The van der Waals surface area contributed by atoms with Gasteiger partial charge in [0, 0.05) is 19.2 Å². The van der Waals surface area contributed by atoms with E-state index < -0.39 is 11.0 Å². The van der Waals surface area contributed by atoms with E-state index in [0.29, 0.717) is 5.56 Å². The van der Waals surface area contributed by atoms with Crippen LogP contribution >= 0.6 is 0 Å². The van der Waals surface area contributed by atoms with Crippen molar-refractivity contribution in [2.45, 2.75) is 6.61 Å². The molecule has 0 heterocycles. The average Bonchev–Trinajstić information content (AvgIpc) is 2.26. The summed E-state index contributed by atoms with van der Waals surface area (Å²) in [4.78, 5) is 20.5. The van der Waals surface area contributed by atoms with Gasteiger partial charge < -0.3 is 10.1 Å². The summed E-state index contributed by atoms with van der Waals surface area (Å²) in [5, 5.41) is 12.4. The number of nitrogens with one attached hydrogen (secondary N) is 1. The molecule has 1 aromatic carbocycles. The van der Waals surface area contributed by atoms with Crippen molar-refractivity contribution in [2.24, 2.45) is 0 Å².